The summed E-state index contributed by atoms with van der Waals surface area (Å²) in [4.78, 5) is 11.6. The number of nitrogens with one attached hydrogen (secondary N) is 2. The molecule has 0 bridgehead atoms. The Bertz CT molecular complexity index is 409. The summed E-state index contributed by atoms with van der Waals surface area (Å²) in [6.45, 7) is 7.07. The van der Waals surface area contributed by atoms with Gasteiger partial charge in [0.15, 0.2) is 10.6 Å². The number of amides is 1. The first-order valence-corrected chi connectivity index (χ1v) is 5.92. The molecule has 0 saturated carbocycles. The van der Waals surface area contributed by atoms with E-state index in [0.29, 0.717) is 11.3 Å². The number of aromatic nitrogens is 3. The Morgan fingerprint density at radius 1 is 1.62 bits per heavy atom. The van der Waals surface area contributed by atoms with Crippen LogP contribution in [0.25, 0.3) is 0 Å². The summed E-state index contributed by atoms with van der Waals surface area (Å²) >= 11 is 5.06. The second-order valence-corrected chi connectivity index (χ2v) is 4.10. The smallest absolute Gasteiger partial charge is 0.223 e. The highest BCUT2D eigenvalue weighted by Crippen LogP contribution is 2.02. The van der Waals surface area contributed by atoms with E-state index in [1.165, 1.54) is 0 Å². The molecule has 0 spiro atoms. The fraction of sp³-hybridized carbons (Fsp3) is 0.700. The Labute approximate surface area is 100 Å². The molecule has 0 fully saturated rings. The van der Waals surface area contributed by atoms with Crippen LogP contribution in [0.2, 0.25) is 0 Å². The molecule has 0 radical (unpaired) electrons. The monoisotopic (exact) mass is 242 g/mol. The van der Waals surface area contributed by atoms with E-state index in [9.17, 15) is 4.79 Å². The van der Waals surface area contributed by atoms with E-state index < -0.39 is 0 Å². The fourth-order valence-electron chi connectivity index (χ4n) is 1.34. The van der Waals surface area contributed by atoms with E-state index in [2.05, 4.69) is 15.5 Å². The maximum absolute atomic E-state index is 11.6. The highest BCUT2D eigenvalue weighted by atomic mass is 32.1. The summed E-state index contributed by atoms with van der Waals surface area (Å²) < 4.78 is 2.46. The highest BCUT2D eigenvalue weighted by Gasteiger charge is 2.11. The second-order valence-electron chi connectivity index (χ2n) is 3.72. The van der Waals surface area contributed by atoms with Crippen molar-refractivity contribution in [2.24, 2.45) is 5.92 Å². The van der Waals surface area contributed by atoms with Crippen LogP contribution in [-0.4, -0.2) is 20.7 Å². The average molecular weight is 242 g/mol. The predicted molar refractivity (Wildman–Crippen MR) is 64.4 cm³/mol. The first kappa shape index (κ1) is 12.9. The number of aromatic amines is 1. The van der Waals surface area contributed by atoms with Gasteiger partial charge in [0, 0.05) is 12.5 Å². The topological polar surface area (TPSA) is 62.7 Å². The average Bonchev–Trinajstić information content (AvgIpc) is 2.65. The summed E-state index contributed by atoms with van der Waals surface area (Å²) in [6.07, 6.45) is 0.840. The van der Waals surface area contributed by atoms with Gasteiger partial charge in [-0.25, -0.2) is 0 Å². The number of hydrogen-bond donors (Lipinski definition) is 2. The van der Waals surface area contributed by atoms with Crippen LogP contribution < -0.4 is 5.32 Å². The first-order chi connectivity index (χ1) is 7.60. The van der Waals surface area contributed by atoms with Crippen LogP contribution in [0.3, 0.4) is 0 Å². The summed E-state index contributed by atoms with van der Waals surface area (Å²) in [5, 5.41) is 9.64. The number of H-pyrrole nitrogens is 1. The predicted octanol–water partition coefficient (Wildman–Crippen LogP) is 1.62. The Morgan fingerprint density at radius 2 is 2.31 bits per heavy atom. The van der Waals surface area contributed by atoms with Gasteiger partial charge in [0.1, 0.15) is 0 Å². The van der Waals surface area contributed by atoms with Crippen LogP contribution >= 0.6 is 12.2 Å². The molecule has 0 aromatic carbocycles. The van der Waals surface area contributed by atoms with Crippen molar-refractivity contribution in [1.82, 2.24) is 20.1 Å². The van der Waals surface area contributed by atoms with Crippen molar-refractivity contribution < 1.29 is 4.79 Å². The lowest BCUT2D eigenvalue weighted by Crippen LogP contribution is -2.29. The van der Waals surface area contributed by atoms with Crippen LogP contribution in [0, 0.1) is 10.7 Å². The first-order valence-electron chi connectivity index (χ1n) is 5.51. The molecule has 1 heterocycles. The number of nitrogens with zero attached hydrogens (tertiary/aromatic N) is 2. The third-order valence-corrected chi connectivity index (χ3v) is 2.95. The van der Waals surface area contributed by atoms with Gasteiger partial charge in [-0.1, -0.05) is 13.8 Å². The maximum Gasteiger partial charge on any atom is 0.223 e. The maximum atomic E-state index is 11.6. The summed E-state index contributed by atoms with van der Waals surface area (Å²) in [5.74, 6) is 0.861. The molecule has 1 aromatic heterocycles. The second kappa shape index (κ2) is 5.79. The molecule has 16 heavy (non-hydrogen) atoms. The largest absolute Gasteiger partial charge is 0.349 e. The van der Waals surface area contributed by atoms with Gasteiger partial charge in [0.05, 0.1) is 6.54 Å². The third kappa shape index (κ3) is 2.91. The number of hydrogen-bond acceptors (Lipinski definition) is 3. The number of rotatable bonds is 5. The van der Waals surface area contributed by atoms with Crippen molar-refractivity contribution in [3.05, 3.63) is 10.6 Å². The SMILES string of the molecule is CCC(C)C(=O)NCc1n[nH]c(=S)n1CC. The molecule has 1 rings (SSSR count). The molecule has 2 N–H and O–H groups in total. The van der Waals surface area contributed by atoms with Gasteiger partial charge in [-0.15, -0.1) is 0 Å². The van der Waals surface area contributed by atoms with Crippen LogP contribution in [0.5, 0.6) is 0 Å². The zero-order chi connectivity index (χ0) is 12.1. The Balaban J connectivity index is 2.61. The summed E-state index contributed by atoms with van der Waals surface area (Å²) in [5.41, 5.74) is 0. The molecular formula is C10H18N4OS. The number of carbonyl (C=O) groups excluding carboxylic acids is 1. The molecular weight excluding hydrogens is 224 g/mol. The normalized spacial score (nSPS) is 12.4. The van der Waals surface area contributed by atoms with Gasteiger partial charge in [0.2, 0.25) is 5.91 Å². The van der Waals surface area contributed by atoms with E-state index in [1.54, 1.807) is 0 Å². The zero-order valence-electron chi connectivity index (χ0n) is 9.91. The Morgan fingerprint density at radius 3 is 2.88 bits per heavy atom. The van der Waals surface area contributed by atoms with Crippen molar-refractivity contribution in [2.45, 2.75) is 40.3 Å². The van der Waals surface area contributed by atoms with Crippen molar-refractivity contribution in [3.8, 4) is 0 Å². The van der Waals surface area contributed by atoms with E-state index >= 15 is 0 Å². The third-order valence-electron chi connectivity index (χ3n) is 2.63. The van der Waals surface area contributed by atoms with Crippen LogP contribution in [0.4, 0.5) is 0 Å². The van der Waals surface area contributed by atoms with E-state index in [1.807, 2.05) is 25.3 Å². The molecule has 1 unspecified atom stereocenters. The van der Waals surface area contributed by atoms with Gasteiger partial charge in [-0.2, -0.15) is 5.10 Å². The molecule has 0 aliphatic heterocycles. The Kier molecular flexibility index (Phi) is 4.67. The minimum absolute atomic E-state index is 0.0389. The minimum atomic E-state index is 0.0389. The highest BCUT2D eigenvalue weighted by molar-refractivity contribution is 7.71. The van der Waals surface area contributed by atoms with Crippen LogP contribution in [0.1, 0.15) is 33.0 Å². The summed E-state index contributed by atoms with van der Waals surface area (Å²) in [7, 11) is 0. The molecule has 0 saturated heterocycles. The summed E-state index contributed by atoms with van der Waals surface area (Å²) in [6, 6.07) is 0. The molecule has 0 aliphatic carbocycles. The van der Waals surface area contributed by atoms with Crippen molar-refractivity contribution >= 4 is 18.1 Å². The minimum Gasteiger partial charge on any atom is -0.349 e. The van der Waals surface area contributed by atoms with Crippen molar-refractivity contribution in [3.63, 3.8) is 0 Å². The molecule has 5 nitrogen and oxygen atoms in total. The van der Waals surface area contributed by atoms with Crippen LogP contribution in [0.15, 0.2) is 0 Å². The van der Waals surface area contributed by atoms with Gasteiger partial charge in [0.25, 0.3) is 0 Å². The lowest BCUT2D eigenvalue weighted by molar-refractivity contribution is -0.124. The van der Waals surface area contributed by atoms with Gasteiger partial charge in [-0.05, 0) is 25.6 Å². The quantitative estimate of drug-likeness (QED) is 0.771. The lowest BCUT2D eigenvalue weighted by atomic mass is 10.1. The molecule has 6 heteroatoms. The standard InChI is InChI=1S/C10H18N4OS/c1-4-7(3)9(15)11-6-8-12-13-10(16)14(8)5-2/h7H,4-6H2,1-3H3,(H,11,15)(H,13,16). The molecule has 90 valence electrons. The zero-order valence-corrected chi connectivity index (χ0v) is 10.7. The van der Waals surface area contributed by atoms with Gasteiger partial charge < -0.3 is 9.88 Å². The Hall–Kier alpha value is -1.17. The van der Waals surface area contributed by atoms with Crippen molar-refractivity contribution in [2.75, 3.05) is 0 Å². The molecule has 1 aromatic rings. The lowest BCUT2D eigenvalue weighted by Gasteiger charge is -2.09. The molecule has 1 atom stereocenters. The van der Waals surface area contributed by atoms with Crippen molar-refractivity contribution in [1.29, 1.82) is 0 Å². The molecule has 0 aliphatic rings. The van der Waals surface area contributed by atoms with E-state index in [0.717, 1.165) is 18.8 Å². The van der Waals surface area contributed by atoms with Crippen LogP contribution in [-0.2, 0) is 17.9 Å². The van der Waals surface area contributed by atoms with Gasteiger partial charge in [-0.3, -0.25) is 9.89 Å². The number of carbonyl (C=O) groups is 1. The van der Waals surface area contributed by atoms with E-state index in [4.69, 9.17) is 12.2 Å². The fourth-order valence-corrected chi connectivity index (χ4v) is 1.62. The molecule has 1 amide bonds. The van der Waals surface area contributed by atoms with E-state index in [-0.39, 0.29) is 11.8 Å². The van der Waals surface area contributed by atoms with Gasteiger partial charge >= 0.3 is 0 Å².